The van der Waals surface area contributed by atoms with Gasteiger partial charge in [0.25, 0.3) is 0 Å². The molecule has 1 fully saturated rings. The molecule has 11 heavy (non-hydrogen) atoms. The number of alkyl halides is 1. The monoisotopic (exact) mass is 175 g/mol. The molecule has 1 N–H and O–H groups in total. The lowest BCUT2D eigenvalue weighted by atomic mass is 9.75. The highest BCUT2D eigenvalue weighted by Gasteiger charge is 2.29. The molecule has 0 unspecified atom stereocenters. The van der Waals surface area contributed by atoms with Crippen LogP contribution in [0.2, 0.25) is 0 Å². The summed E-state index contributed by atoms with van der Waals surface area (Å²) >= 11 is 5.91. The highest BCUT2D eigenvalue weighted by molar-refractivity contribution is 6.18. The van der Waals surface area contributed by atoms with Crippen LogP contribution in [0.3, 0.4) is 0 Å². The number of piperidine rings is 1. The minimum absolute atomic E-state index is 0.337. The smallest absolute Gasteiger partial charge is 0.0277 e. The van der Waals surface area contributed by atoms with Crippen molar-refractivity contribution >= 4 is 11.6 Å². The highest BCUT2D eigenvalue weighted by Crippen LogP contribution is 2.33. The molecule has 0 spiro atoms. The average Bonchev–Trinajstić information content (AvgIpc) is 2.06. The first-order valence-corrected chi connectivity index (χ1v) is 4.97. The third-order valence-electron chi connectivity index (χ3n) is 2.79. The maximum Gasteiger partial charge on any atom is 0.0277 e. The molecule has 1 rings (SSSR count). The van der Waals surface area contributed by atoms with Crippen molar-refractivity contribution < 1.29 is 0 Å². The summed E-state index contributed by atoms with van der Waals surface area (Å²) in [5.74, 6) is 1.61. The fourth-order valence-corrected chi connectivity index (χ4v) is 1.93. The summed E-state index contributed by atoms with van der Waals surface area (Å²) in [6, 6.07) is 0. The summed E-state index contributed by atoms with van der Waals surface area (Å²) in [6.45, 7) is 6.89. The predicted octanol–water partition coefficient (Wildman–Crippen LogP) is 2.25. The van der Waals surface area contributed by atoms with Gasteiger partial charge in [0.05, 0.1) is 0 Å². The van der Waals surface area contributed by atoms with Crippen molar-refractivity contribution in [3.8, 4) is 0 Å². The zero-order chi connectivity index (χ0) is 8.32. The number of rotatable bonds is 2. The summed E-state index contributed by atoms with van der Waals surface area (Å²) in [6.07, 6.45) is 2.58. The van der Waals surface area contributed by atoms with E-state index in [0.717, 1.165) is 11.8 Å². The van der Waals surface area contributed by atoms with Gasteiger partial charge in [0.2, 0.25) is 0 Å². The summed E-state index contributed by atoms with van der Waals surface area (Å²) in [5.41, 5.74) is 0.337. The van der Waals surface area contributed by atoms with Crippen LogP contribution in [0.15, 0.2) is 0 Å². The van der Waals surface area contributed by atoms with Gasteiger partial charge in [-0.05, 0) is 37.3 Å². The van der Waals surface area contributed by atoms with Crippen molar-refractivity contribution in [1.29, 1.82) is 0 Å². The Balaban J connectivity index is 2.43. The van der Waals surface area contributed by atoms with Gasteiger partial charge in [-0.25, -0.2) is 0 Å². The van der Waals surface area contributed by atoms with Crippen LogP contribution in [0.5, 0.6) is 0 Å². The standard InChI is InChI=1S/C9H18ClN/c1-9(2,7-10)8-3-5-11-6-4-8/h8,11H,3-7H2,1-2H3. The molecule has 0 bridgehead atoms. The molecule has 0 saturated carbocycles. The number of hydrogen-bond acceptors (Lipinski definition) is 1. The second-order valence-electron chi connectivity index (χ2n) is 4.15. The molecule has 1 saturated heterocycles. The van der Waals surface area contributed by atoms with Gasteiger partial charge in [0.1, 0.15) is 0 Å². The molecule has 1 nitrogen and oxygen atoms in total. The van der Waals surface area contributed by atoms with E-state index in [1.807, 2.05) is 0 Å². The van der Waals surface area contributed by atoms with Gasteiger partial charge in [-0.1, -0.05) is 13.8 Å². The third kappa shape index (κ3) is 2.34. The Bertz CT molecular complexity index is 117. The largest absolute Gasteiger partial charge is 0.317 e. The van der Waals surface area contributed by atoms with E-state index in [1.54, 1.807) is 0 Å². The van der Waals surface area contributed by atoms with Gasteiger partial charge in [-0.15, -0.1) is 11.6 Å². The van der Waals surface area contributed by atoms with E-state index in [1.165, 1.54) is 25.9 Å². The average molecular weight is 176 g/mol. The van der Waals surface area contributed by atoms with Gasteiger partial charge >= 0.3 is 0 Å². The molecule has 0 radical (unpaired) electrons. The minimum atomic E-state index is 0.337. The van der Waals surface area contributed by atoms with Crippen LogP contribution in [0.1, 0.15) is 26.7 Å². The molecule has 1 heterocycles. The number of nitrogens with one attached hydrogen (secondary N) is 1. The van der Waals surface area contributed by atoms with Crippen LogP contribution >= 0.6 is 11.6 Å². The van der Waals surface area contributed by atoms with Crippen molar-refractivity contribution in [1.82, 2.24) is 5.32 Å². The molecule has 1 aliphatic rings. The maximum absolute atomic E-state index is 5.91. The summed E-state index contributed by atoms with van der Waals surface area (Å²) in [4.78, 5) is 0. The van der Waals surface area contributed by atoms with Crippen LogP contribution in [0.4, 0.5) is 0 Å². The van der Waals surface area contributed by atoms with E-state index in [9.17, 15) is 0 Å². The van der Waals surface area contributed by atoms with Crippen molar-refractivity contribution in [2.45, 2.75) is 26.7 Å². The molecule has 0 aromatic carbocycles. The Labute approximate surface area is 74.5 Å². The molecule has 2 heteroatoms. The molecular weight excluding hydrogens is 158 g/mol. The normalized spacial score (nSPS) is 22.1. The fraction of sp³-hybridized carbons (Fsp3) is 1.00. The first-order valence-electron chi connectivity index (χ1n) is 4.43. The second-order valence-corrected chi connectivity index (χ2v) is 4.41. The van der Waals surface area contributed by atoms with Gasteiger partial charge in [0, 0.05) is 5.88 Å². The van der Waals surface area contributed by atoms with Crippen LogP contribution in [0, 0.1) is 11.3 Å². The Morgan fingerprint density at radius 2 is 1.91 bits per heavy atom. The molecule has 66 valence electrons. The maximum atomic E-state index is 5.91. The molecule has 1 aliphatic heterocycles. The van der Waals surface area contributed by atoms with Crippen molar-refractivity contribution in [3.05, 3.63) is 0 Å². The van der Waals surface area contributed by atoms with Crippen LogP contribution in [0.25, 0.3) is 0 Å². The third-order valence-corrected chi connectivity index (χ3v) is 3.48. The van der Waals surface area contributed by atoms with E-state index in [-0.39, 0.29) is 0 Å². The first-order chi connectivity index (χ1) is 5.17. The number of halogens is 1. The Morgan fingerprint density at radius 1 is 1.36 bits per heavy atom. The van der Waals surface area contributed by atoms with E-state index in [4.69, 9.17) is 11.6 Å². The lowest BCUT2D eigenvalue weighted by molar-refractivity contribution is 0.192. The minimum Gasteiger partial charge on any atom is -0.317 e. The number of hydrogen-bond donors (Lipinski definition) is 1. The summed E-state index contributed by atoms with van der Waals surface area (Å²) < 4.78 is 0. The SMILES string of the molecule is CC(C)(CCl)C1CCNCC1. The van der Waals surface area contributed by atoms with Crippen molar-refractivity contribution in [2.75, 3.05) is 19.0 Å². The summed E-state index contributed by atoms with van der Waals surface area (Å²) in [5, 5.41) is 3.37. The molecular formula is C9H18ClN. The van der Waals surface area contributed by atoms with Crippen LogP contribution < -0.4 is 5.32 Å². The Hall–Kier alpha value is 0.250. The van der Waals surface area contributed by atoms with Gasteiger partial charge in [0.15, 0.2) is 0 Å². The fourth-order valence-electron chi connectivity index (χ4n) is 1.71. The molecule has 0 aromatic heterocycles. The summed E-state index contributed by atoms with van der Waals surface area (Å²) in [7, 11) is 0. The van der Waals surface area contributed by atoms with Gasteiger partial charge in [-0.2, -0.15) is 0 Å². The van der Waals surface area contributed by atoms with E-state index >= 15 is 0 Å². The van der Waals surface area contributed by atoms with Crippen LogP contribution in [-0.2, 0) is 0 Å². The molecule has 0 aliphatic carbocycles. The quantitative estimate of drug-likeness (QED) is 0.635. The Morgan fingerprint density at radius 3 is 2.36 bits per heavy atom. The zero-order valence-electron chi connectivity index (χ0n) is 7.49. The van der Waals surface area contributed by atoms with Gasteiger partial charge < -0.3 is 5.32 Å². The van der Waals surface area contributed by atoms with Gasteiger partial charge in [-0.3, -0.25) is 0 Å². The van der Waals surface area contributed by atoms with E-state index < -0.39 is 0 Å². The Kier molecular flexibility index (Phi) is 3.20. The van der Waals surface area contributed by atoms with Crippen molar-refractivity contribution in [3.63, 3.8) is 0 Å². The lowest BCUT2D eigenvalue weighted by Gasteiger charge is -2.35. The topological polar surface area (TPSA) is 12.0 Å². The first kappa shape index (κ1) is 9.34. The second kappa shape index (κ2) is 3.77. The zero-order valence-corrected chi connectivity index (χ0v) is 8.25. The van der Waals surface area contributed by atoms with Crippen molar-refractivity contribution in [2.24, 2.45) is 11.3 Å². The molecule has 0 atom stereocenters. The van der Waals surface area contributed by atoms with E-state index in [0.29, 0.717) is 5.41 Å². The highest BCUT2D eigenvalue weighted by atomic mass is 35.5. The van der Waals surface area contributed by atoms with Crippen LogP contribution in [-0.4, -0.2) is 19.0 Å². The molecule has 0 aromatic rings. The molecule has 0 amide bonds. The lowest BCUT2D eigenvalue weighted by Crippen LogP contribution is -2.36. The predicted molar refractivity (Wildman–Crippen MR) is 50.1 cm³/mol. The van der Waals surface area contributed by atoms with E-state index in [2.05, 4.69) is 19.2 Å².